The van der Waals surface area contributed by atoms with Crippen LogP contribution in [0.1, 0.15) is 23.9 Å². The van der Waals surface area contributed by atoms with E-state index >= 15 is 0 Å². The molecule has 0 aliphatic rings. The molecule has 0 spiro atoms. The summed E-state index contributed by atoms with van der Waals surface area (Å²) in [7, 11) is 1.87. The van der Waals surface area contributed by atoms with Crippen LogP contribution in [-0.2, 0) is 20.0 Å². The second-order valence-electron chi connectivity index (χ2n) is 4.96. The van der Waals surface area contributed by atoms with E-state index in [1.165, 1.54) is 3.57 Å². The topological polar surface area (TPSA) is 48.5 Å². The summed E-state index contributed by atoms with van der Waals surface area (Å²) in [5, 5.41) is 4.18. The van der Waals surface area contributed by atoms with E-state index in [0.717, 1.165) is 35.6 Å². The van der Waals surface area contributed by atoms with Gasteiger partial charge in [-0.25, -0.2) is 9.97 Å². The largest absolute Gasteiger partial charge is 0.326 e. The Labute approximate surface area is 141 Å². The van der Waals surface area contributed by atoms with Crippen molar-refractivity contribution in [2.75, 3.05) is 0 Å². The molecule has 0 amide bonds. The number of nitrogens with zero attached hydrogens (tertiary/aromatic N) is 5. The number of aromatic nitrogens is 5. The number of fused-ring (bicyclic) bond motifs is 1. The van der Waals surface area contributed by atoms with E-state index in [1.54, 1.807) is 11.0 Å². The monoisotopic (exact) mass is 415 g/mol. The van der Waals surface area contributed by atoms with Crippen molar-refractivity contribution in [3.63, 3.8) is 0 Å². The summed E-state index contributed by atoms with van der Waals surface area (Å²) in [5.74, 6) is 1.72. The maximum atomic E-state index is 6.28. The lowest BCUT2D eigenvalue weighted by Crippen LogP contribution is -2.08. The Kier molecular flexibility index (Phi) is 4.17. The highest BCUT2D eigenvalue weighted by molar-refractivity contribution is 14.1. The van der Waals surface area contributed by atoms with Gasteiger partial charge in [0.1, 0.15) is 12.2 Å². The van der Waals surface area contributed by atoms with E-state index in [0.29, 0.717) is 0 Å². The molecular formula is C14H15ClIN5. The third-order valence-corrected chi connectivity index (χ3v) is 4.17. The van der Waals surface area contributed by atoms with Gasteiger partial charge in [0.15, 0.2) is 5.82 Å². The van der Waals surface area contributed by atoms with Crippen LogP contribution in [-0.4, -0.2) is 24.3 Å². The third-order valence-electron chi connectivity index (χ3n) is 3.30. The molecule has 3 aromatic rings. The van der Waals surface area contributed by atoms with Gasteiger partial charge in [-0.2, -0.15) is 5.10 Å². The average molecular weight is 416 g/mol. The summed E-state index contributed by atoms with van der Waals surface area (Å²) in [6.07, 6.45) is 2.48. The lowest BCUT2D eigenvalue weighted by Gasteiger charge is -2.09. The highest BCUT2D eigenvalue weighted by Gasteiger charge is 2.15. The van der Waals surface area contributed by atoms with Crippen LogP contribution in [0.5, 0.6) is 0 Å². The van der Waals surface area contributed by atoms with E-state index in [-0.39, 0.29) is 5.38 Å². The fourth-order valence-corrected chi connectivity index (χ4v) is 3.01. The van der Waals surface area contributed by atoms with Crippen LogP contribution >= 0.6 is 34.2 Å². The van der Waals surface area contributed by atoms with Crippen molar-refractivity contribution < 1.29 is 0 Å². The fraction of sp³-hybridized carbons (Fsp3) is 0.357. The highest BCUT2D eigenvalue weighted by atomic mass is 127. The van der Waals surface area contributed by atoms with Crippen molar-refractivity contribution >= 4 is 45.2 Å². The van der Waals surface area contributed by atoms with Gasteiger partial charge in [-0.3, -0.25) is 4.68 Å². The van der Waals surface area contributed by atoms with Gasteiger partial charge in [-0.15, -0.1) is 11.6 Å². The summed E-state index contributed by atoms with van der Waals surface area (Å²) in [6.45, 7) is 2.72. The second-order valence-corrected chi connectivity index (χ2v) is 6.86. The van der Waals surface area contributed by atoms with E-state index in [4.69, 9.17) is 11.6 Å². The molecule has 0 aliphatic carbocycles. The summed E-state index contributed by atoms with van der Waals surface area (Å²) >= 11 is 8.58. The molecule has 1 aromatic carbocycles. The van der Waals surface area contributed by atoms with Gasteiger partial charge in [-0.05, 0) is 47.7 Å². The first-order chi connectivity index (χ1) is 10.0. The predicted molar refractivity (Wildman–Crippen MR) is 91.4 cm³/mol. The Balaban J connectivity index is 1.97. The molecule has 5 nitrogen and oxygen atoms in total. The zero-order valence-corrected chi connectivity index (χ0v) is 14.7. The van der Waals surface area contributed by atoms with Gasteiger partial charge in [0, 0.05) is 23.6 Å². The predicted octanol–water partition coefficient (Wildman–Crippen LogP) is 3.31. The molecule has 1 unspecified atom stereocenters. The Morgan fingerprint density at radius 3 is 2.86 bits per heavy atom. The van der Waals surface area contributed by atoms with E-state index in [2.05, 4.69) is 60.4 Å². The molecule has 0 aliphatic heterocycles. The maximum Gasteiger partial charge on any atom is 0.152 e. The van der Waals surface area contributed by atoms with Crippen molar-refractivity contribution in [1.82, 2.24) is 24.3 Å². The van der Waals surface area contributed by atoms with Crippen molar-refractivity contribution in [2.45, 2.75) is 25.3 Å². The SMILES string of the molecule is CC(Cl)c1nc2cc(I)ccc2n1CCc1ncn(C)n1. The van der Waals surface area contributed by atoms with Crippen molar-refractivity contribution in [3.05, 3.63) is 39.7 Å². The van der Waals surface area contributed by atoms with Crippen LogP contribution in [0.3, 0.4) is 0 Å². The quantitative estimate of drug-likeness (QED) is 0.485. The number of halogens is 2. The molecule has 0 bridgehead atoms. The number of hydrogen-bond donors (Lipinski definition) is 0. The van der Waals surface area contributed by atoms with Crippen LogP contribution in [0.25, 0.3) is 11.0 Å². The second kappa shape index (κ2) is 5.92. The number of rotatable bonds is 4. The number of hydrogen-bond acceptors (Lipinski definition) is 3. The Morgan fingerprint density at radius 2 is 2.19 bits per heavy atom. The van der Waals surface area contributed by atoms with Gasteiger partial charge >= 0.3 is 0 Å². The van der Waals surface area contributed by atoms with E-state index < -0.39 is 0 Å². The molecule has 7 heteroatoms. The summed E-state index contributed by atoms with van der Waals surface area (Å²) in [4.78, 5) is 8.94. The minimum atomic E-state index is -0.133. The summed E-state index contributed by atoms with van der Waals surface area (Å²) in [5.41, 5.74) is 2.09. The van der Waals surface area contributed by atoms with Crippen molar-refractivity contribution in [2.24, 2.45) is 7.05 Å². The van der Waals surface area contributed by atoms with Gasteiger partial charge in [0.25, 0.3) is 0 Å². The van der Waals surface area contributed by atoms with Crippen LogP contribution in [0.2, 0.25) is 0 Å². The summed E-state index contributed by atoms with van der Waals surface area (Å²) in [6, 6.07) is 6.26. The number of benzene rings is 1. The van der Waals surface area contributed by atoms with Gasteiger partial charge in [0.2, 0.25) is 0 Å². The lowest BCUT2D eigenvalue weighted by atomic mass is 10.3. The van der Waals surface area contributed by atoms with Gasteiger partial charge in [0.05, 0.1) is 16.4 Å². The number of aryl methyl sites for hydroxylation is 3. The molecule has 0 saturated heterocycles. The number of imidazole rings is 1. The molecule has 0 radical (unpaired) electrons. The molecular weight excluding hydrogens is 401 g/mol. The molecule has 1 atom stereocenters. The minimum Gasteiger partial charge on any atom is -0.326 e. The van der Waals surface area contributed by atoms with Crippen molar-refractivity contribution in [3.8, 4) is 0 Å². The van der Waals surface area contributed by atoms with Gasteiger partial charge < -0.3 is 4.57 Å². The van der Waals surface area contributed by atoms with Crippen LogP contribution in [0.15, 0.2) is 24.5 Å². The Morgan fingerprint density at radius 1 is 1.38 bits per heavy atom. The molecule has 0 N–H and O–H groups in total. The fourth-order valence-electron chi connectivity index (χ4n) is 2.37. The standard InChI is InChI=1S/C14H15ClIN5/c1-9(15)14-18-11-7-10(16)3-4-12(11)21(14)6-5-13-17-8-20(2)19-13/h3-4,7-9H,5-6H2,1-2H3. The zero-order valence-electron chi connectivity index (χ0n) is 11.8. The normalized spacial score (nSPS) is 13.0. The molecule has 21 heavy (non-hydrogen) atoms. The van der Waals surface area contributed by atoms with Crippen LogP contribution in [0.4, 0.5) is 0 Å². The number of alkyl halides is 1. The average Bonchev–Trinajstić information content (AvgIpc) is 2.99. The van der Waals surface area contributed by atoms with Crippen LogP contribution < -0.4 is 0 Å². The zero-order chi connectivity index (χ0) is 15.0. The molecule has 3 rings (SSSR count). The Hall–Kier alpha value is -1.15. The minimum absolute atomic E-state index is 0.133. The van der Waals surface area contributed by atoms with E-state index in [9.17, 15) is 0 Å². The highest BCUT2D eigenvalue weighted by Crippen LogP contribution is 2.26. The first-order valence-corrected chi connectivity index (χ1v) is 8.20. The summed E-state index contributed by atoms with van der Waals surface area (Å²) < 4.78 is 5.05. The first kappa shape index (κ1) is 14.8. The molecule has 110 valence electrons. The van der Waals surface area contributed by atoms with Crippen molar-refractivity contribution in [1.29, 1.82) is 0 Å². The molecule has 0 fully saturated rings. The van der Waals surface area contributed by atoms with E-state index in [1.807, 2.05) is 14.0 Å². The molecule has 0 saturated carbocycles. The molecule has 2 heterocycles. The first-order valence-electron chi connectivity index (χ1n) is 6.69. The third kappa shape index (κ3) is 3.06. The smallest absolute Gasteiger partial charge is 0.152 e. The lowest BCUT2D eigenvalue weighted by molar-refractivity contribution is 0.641. The maximum absolute atomic E-state index is 6.28. The van der Waals surface area contributed by atoms with Gasteiger partial charge in [-0.1, -0.05) is 0 Å². The van der Waals surface area contributed by atoms with Crippen LogP contribution in [0, 0.1) is 3.57 Å². The molecule has 2 aromatic heterocycles. The Bertz CT molecular complexity index is 777.